The third-order valence-electron chi connectivity index (χ3n) is 2.48. The summed E-state index contributed by atoms with van der Waals surface area (Å²) in [6.07, 6.45) is 0. The van der Waals surface area contributed by atoms with E-state index in [0.29, 0.717) is 17.0 Å². The summed E-state index contributed by atoms with van der Waals surface area (Å²) >= 11 is 5.80. The molecule has 0 bridgehead atoms. The maximum atomic E-state index is 5.80. The van der Waals surface area contributed by atoms with Gasteiger partial charge in [0.25, 0.3) is 0 Å². The Balaban J connectivity index is 2.24. The number of piperazine rings is 1. The number of nitrogens with two attached hydrogens (primary N) is 1. The molecule has 0 aromatic carbocycles. The van der Waals surface area contributed by atoms with Crippen molar-refractivity contribution in [2.45, 2.75) is 13.0 Å². The molecule has 1 aliphatic rings. The number of anilines is 2. The van der Waals surface area contributed by atoms with Crippen LogP contribution in [0, 0.1) is 0 Å². The number of rotatable bonds is 1. The highest BCUT2D eigenvalue weighted by atomic mass is 35.5. The molecule has 1 aromatic heterocycles. The van der Waals surface area contributed by atoms with E-state index < -0.39 is 0 Å². The summed E-state index contributed by atoms with van der Waals surface area (Å²) < 4.78 is 0. The van der Waals surface area contributed by atoms with Crippen LogP contribution in [0.25, 0.3) is 0 Å². The molecule has 5 nitrogen and oxygen atoms in total. The average molecular weight is 228 g/mol. The monoisotopic (exact) mass is 227 g/mol. The third-order valence-corrected chi connectivity index (χ3v) is 2.67. The lowest BCUT2D eigenvalue weighted by molar-refractivity contribution is 0.485. The summed E-state index contributed by atoms with van der Waals surface area (Å²) in [5.74, 6) is 0.438. The Labute approximate surface area is 93.6 Å². The Morgan fingerprint density at radius 1 is 1.60 bits per heavy atom. The molecule has 1 saturated heterocycles. The van der Waals surface area contributed by atoms with Gasteiger partial charge in [-0.05, 0) is 6.92 Å². The molecule has 2 heterocycles. The van der Waals surface area contributed by atoms with Crippen molar-refractivity contribution in [1.82, 2.24) is 15.5 Å². The van der Waals surface area contributed by atoms with Crippen LogP contribution in [0.5, 0.6) is 0 Å². The first kappa shape index (κ1) is 10.4. The summed E-state index contributed by atoms with van der Waals surface area (Å²) in [5, 5.41) is 11.3. The van der Waals surface area contributed by atoms with Crippen molar-refractivity contribution in [3.05, 3.63) is 11.2 Å². The molecule has 6 heteroatoms. The van der Waals surface area contributed by atoms with Gasteiger partial charge in [-0.25, -0.2) is 0 Å². The highest BCUT2D eigenvalue weighted by Crippen LogP contribution is 2.23. The highest BCUT2D eigenvalue weighted by Gasteiger charge is 2.18. The van der Waals surface area contributed by atoms with Gasteiger partial charge in [0, 0.05) is 31.7 Å². The molecule has 0 radical (unpaired) electrons. The van der Waals surface area contributed by atoms with Gasteiger partial charge < -0.3 is 16.0 Å². The van der Waals surface area contributed by atoms with Crippen LogP contribution in [0.2, 0.25) is 5.15 Å². The first-order valence-electron chi connectivity index (χ1n) is 4.94. The van der Waals surface area contributed by atoms with E-state index in [9.17, 15) is 0 Å². The zero-order valence-corrected chi connectivity index (χ0v) is 9.33. The van der Waals surface area contributed by atoms with Crippen molar-refractivity contribution in [2.24, 2.45) is 0 Å². The van der Waals surface area contributed by atoms with Crippen LogP contribution < -0.4 is 16.0 Å². The van der Waals surface area contributed by atoms with E-state index in [1.165, 1.54) is 0 Å². The minimum absolute atomic E-state index is 0.380. The molecule has 0 aliphatic carbocycles. The summed E-state index contributed by atoms with van der Waals surface area (Å²) in [6, 6.07) is 2.21. The largest absolute Gasteiger partial charge is 0.380 e. The summed E-state index contributed by atoms with van der Waals surface area (Å²) in [7, 11) is 0. The fraction of sp³-hybridized carbons (Fsp3) is 0.556. The van der Waals surface area contributed by atoms with Gasteiger partial charge in [0.2, 0.25) is 0 Å². The third kappa shape index (κ3) is 2.30. The predicted octanol–water partition coefficient (Wildman–Crippen LogP) is 0.510. The van der Waals surface area contributed by atoms with Crippen LogP contribution in [0.4, 0.5) is 11.5 Å². The number of hydrogen-bond donors (Lipinski definition) is 2. The second kappa shape index (κ2) is 4.20. The molecule has 1 aromatic rings. The van der Waals surface area contributed by atoms with E-state index in [2.05, 4.69) is 27.3 Å². The lowest BCUT2D eigenvalue weighted by atomic mass is 10.2. The average Bonchev–Trinajstić information content (AvgIpc) is 2.22. The van der Waals surface area contributed by atoms with E-state index in [-0.39, 0.29) is 0 Å². The van der Waals surface area contributed by atoms with Gasteiger partial charge in [-0.1, -0.05) is 11.6 Å². The molecule has 1 atom stereocenters. The molecule has 1 fully saturated rings. The van der Waals surface area contributed by atoms with E-state index >= 15 is 0 Å². The first-order chi connectivity index (χ1) is 7.16. The van der Waals surface area contributed by atoms with Crippen molar-refractivity contribution >= 4 is 23.1 Å². The molecular weight excluding hydrogens is 214 g/mol. The quantitative estimate of drug-likeness (QED) is 0.732. The highest BCUT2D eigenvalue weighted by molar-refractivity contribution is 6.29. The molecule has 0 saturated carbocycles. The van der Waals surface area contributed by atoms with Gasteiger partial charge in [0.05, 0.1) is 5.69 Å². The van der Waals surface area contributed by atoms with Crippen LogP contribution in [0.15, 0.2) is 6.07 Å². The predicted molar refractivity (Wildman–Crippen MR) is 61.1 cm³/mol. The van der Waals surface area contributed by atoms with Crippen LogP contribution in [0.3, 0.4) is 0 Å². The molecule has 0 spiro atoms. The number of halogens is 1. The van der Waals surface area contributed by atoms with Crippen LogP contribution >= 0.6 is 11.6 Å². The molecule has 0 unspecified atom stereocenters. The van der Waals surface area contributed by atoms with Crippen LogP contribution in [0.1, 0.15) is 6.92 Å². The Bertz CT molecular complexity index is 356. The number of nitrogens with one attached hydrogen (secondary N) is 1. The van der Waals surface area contributed by atoms with Crippen molar-refractivity contribution in [2.75, 3.05) is 30.3 Å². The summed E-state index contributed by atoms with van der Waals surface area (Å²) in [6.45, 7) is 4.90. The maximum absolute atomic E-state index is 5.80. The smallest absolute Gasteiger partial charge is 0.169 e. The second-order valence-corrected chi connectivity index (χ2v) is 4.13. The minimum Gasteiger partial charge on any atom is -0.380 e. The van der Waals surface area contributed by atoms with Crippen molar-refractivity contribution in [3.8, 4) is 0 Å². The molecule has 1 aliphatic heterocycles. The van der Waals surface area contributed by atoms with Crippen LogP contribution in [-0.2, 0) is 0 Å². The topological polar surface area (TPSA) is 67.1 Å². The normalized spacial score (nSPS) is 21.7. The summed E-state index contributed by atoms with van der Waals surface area (Å²) in [4.78, 5) is 2.18. The zero-order valence-electron chi connectivity index (χ0n) is 8.57. The van der Waals surface area contributed by atoms with Gasteiger partial charge in [0.15, 0.2) is 11.0 Å². The fourth-order valence-electron chi connectivity index (χ4n) is 1.77. The molecule has 2 rings (SSSR count). The van der Waals surface area contributed by atoms with Gasteiger partial charge in [0.1, 0.15) is 0 Å². The molecule has 3 N–H and O–H groups in total. The first-order valence-corrected chi connectivity index (χ1v) is 5.31. The van der Waals surface area contributed by atoms with Crippen LogP contribution in [-0.4, -0.2) is 35.9 Å². The lowest BCUT2D eigenvalue weighted by Gasteiger charge is -2.33. The summed E-state index contributed by atoms with van der Waals surface area (Å²) in [5.41, 5.74) is 6.65. The van der Waals surface area contributed by atoms with E-state index in [1.54, 1.807) is 6.07 Å². The Morgan fingerprint density at radius 2 is 2.40 bits per heavy atom. The lowest BCUT2D eigenvalue weighted by Crippen LogP contribution is -2.49. The van der Waals surface area contributed by atoms with Gasteiger partial charge in [-0.2, -0.15) is 0 Å². The molecule has 15 heavy (non-hydrogen) atoms. The van der Waals surface area contributed by atoms with Crippen molar-refractivity contribution < 1.29 is 0 Å². The molecule has 82 valence electrons. The Kier molecular flexibility index (Phi) is 2.93. The number of hydrogen-bond acceptors (Lipinski definition) is 5. The minimum atomic E-state index is 0.380. The van der Waals surface area contributed by atoms with Gasteiger partial charge in [-0.3, -0.25) is 0 Å². The van der Waals surface area contributed by atoms with Crippen molar-refractivity contribution in [1.29, 1.82) is 0 Å². The standard InChI is InChI=1S/C9H14ClN5/c1-6-5-15(3-2-12-6)7-4-8(10)13-14-9(7)11/h4,6,12H,2-3,5H2,1H3,(H2,11,14)/t6-/m1/s1. The Morgan fingerprint density at radius 3 is 3.13 bits per heavy atom. The van der Waals surface area contributed by atoms with Gasteiger partial charge >= 0.3 is 0 Å². The molecule has 0 amide bonds. The maximum Gasteiger partial charge on any atom is 0.169 e. The Hall–Kier alpha value is -1.07. The zero-order chi connectivity index (χ0) is 10.8. The second-order valence-electron chi connectivity index (χ2n) is 3.74. The van der Waals surface area contributed by atoms with E-state index in [4.69, 9.17) is 17.3 Å². The number of nitrogen functional groups attached to an aromatic ring is 1. The SMILES string of the molecule is C[C@@H]1CN(c2cc(Cl)nnc2N)CCN1. The number of aromatic nitrogens is 2. The van der Waals surface area contributed by atoms with Crippen molar-refractivity contribution in [3.63, 3.8) is 0 Å². The van der Waals surface area contributed by atoms with E-state index in [0.717, 1.165) is 25.3 Å². The van der Waals surface area contributed by atoms with Gasteiger partial charge in [-0.15, -0.1) is 10.2 Å². The number of nitrogens with zero attached hydrogens (tertiary/aromatic N) is 3. The fourth-order valence-corrected chi connectivity index (χ4v) is 1.91. The van der Waals surface area contributed by atoms with E-state index in [1.807, 2.05) is 0 Å². The molecular formula is C9H14ClN5.